The van der Waals surface area contributed by atoms with E-state index in [1.807, 2.05) is 23.2 Å². The molecule has 0 bridgehead atoms. The smallest absolute Gasteiger partial charge is 0.317 e. The van der Waals surface area contributed by atoms with Gasteiger partial charge in [0.15, 0.2) is 0 Å². The van der Waals surface area contributed by atoms with Gasteiger partial charge in [0.05, 0.1) is 0 Å². The third-order valence-electron chi connectivity index (χ3n) is 5.47. The third-order valence-corrected chi connectivity index (χ3v) is 5.47. The minimum Gasteiger partial charge on any atom is -0.337 e. The molecule has 0 unspecified atom stereocenters. The molecule has 2 saturated carbocycles. The highest BCUT2D eigenvalue weighted by molar-refractivity contribution is 5.75. The van der Waals surface area contributed by atoms with E-state index in [1.165, 1.54) is 11.1 Å². The number of urea groups is 1. The van der Waals surface area contributed by atoms with E-state index in [0.717, 1.165) is 37.8 Å². The van der Waals surface area contributed by atoms with Crippen LogP contribution in [-0.4, -0.2) is 28.5 Å². The number of hydrogen-bond donors (Lipinski definition) is 1. The van der Waals surface area contributed by atoms with Gasteiger partial charge < -0.3 is 10.2 Å². The lowest BCUT2D eigenvalue weighted by Crippen LogP contribution is -2.43. The summed E-state index contributed by atoms with van der Waals surface area (Å²) in [5.41, 5.74) is 3.94. The quantitative estimate of drug-likeness (QED) is 0.873. The highest BCUT2D eigenvalue weighted by Gasteiger charge is 2.45. The first-order chi connectivity index (χ1) is 12.2. The second-order valence-corrected chi connectivity index (χ2v) is 7.47. The Hall–Kier alpha value is -2.36. The first kappa shape index (κ1) is 16.1. The molecular weight excluding hydrogens is 310 g/mol. The Bertz CT molecular complexity index is 751. The van der Waals surface area contributed by atoms with Crippen LogP contribution in [0.25, 0.3) is 0 Å². The molecule has 2 aromatic rings. The summed E-state index contributed by atoms with van der Waals surface area (Å²) in [5, 5.41) is 3.22. The highest BCUT2D eigenvalue weighted by atomic mass is 16.2. The van der Waals surface area contributed by atoms with E-state index in [2.05, 4.69) is 41.5 Å². The van der Waals surface area contributed by atoms with E-state index in [1.54, 1.807) is 6.20 Å². The Morgan fingerprint density at radius 1 is 1.24 bits per heavy atom. The van der Waals surface area contributed by atoms with Crippen LogP contribution >= 0.6 is 0 Å². The number of aromatic nitrogens is 1. The lowest BCUT2D eigenvalue weighted by Gasteiger charge is -2.25. The summed E-state index contributed by atoms with van der Waals surface area (Å²) in [6.45, 7) is 3.53. The summed E-state index contributed by atoms with van der Waals surface area (Å²) in [4.78, 5) is 19.0. The lowest BCUT2D eigenvalue weighted by atomic mass is 9.92. The maximum atomic E-state index is 12.8. The van der Waals surface area contributed by atoms with E-state index in [0.29, 0.717) is 12.6 Å². The van der Waals surface area contributed by atoms with Crippen molar-refractivity contribution in [2.75, 3.05) is 6.54 Å². The molecule has 0 saturated heterocycles. The average Bonchev–Trinajstić information content (AvgIpc) is 3.54. The van der Waals surface area contributed by atoms with Crippen LogP contribution in [0.15, 0.2) is 48.8 Å². The number of benzene rings is 1. The fourth-order valence-corrected chi connectivity index (χ4v) is 3.65. The molecule has 1 aromatic carbocycles. The number of nitrogens with zero attached hydrogens (tertiary/aromatic N) is 2. The summed E-state index contributed by atoms with van der Waals surface area (Å²) in [6, 6.07) is 13.0. The zero-order chi connectivity index (χ0) is 17.3. The van der Waals surface area contributed by atoms with Crippen LogP contribution < -0.4 is 5.32 Å². The molecule has 1 heterocycles. The van der Waals surface area contributed by atoms with Gasteiger partial charge in [-0.25, -0.2) is 4.79 Å². The zero-order valence-corrected chi connectivity index (χ0v) is 14.7. The van der Waals surface area contributed by atoms with Gasteiger partial charge in [0.25, 0.3) is 0 Å². The van der Waals surface area contributed by atoms with Crippen molar-refractivity contribution in [1.29, 1.82) is 0 Å². The van der Waals surface area contributed by atoms with E-state index in [4.69, 9.17) is 0 Å². The number of aryl methyl sites for hydroxylation is 1. The lowest BCUT2D eigenvalue weighted by molar-refractivity contribution is 0.191. The number of hydrogen-bond acceptors (Lipinski definition) is 2. The van der Waals surface area contributed by atoms with Crippen molar-refractivity contribution in [3.8, 4) is 0 Å². The Morgan fingerprint density at radius 3 is 2.68 bits per heavy atom. The first-order valence-corrected chi connectivity index (χ1v) is 9.17. The monoisotopic (exact) mass is 335 g/mol. The molecular formula is C21H25N3O. The second-order valence-electron chi connectivity index (χ2n) is 7.47. The molecule has 4 rings (SSSR count). The summed E-state index contributed by atoms with van der Waals surface area (Å²) < 4.78 is 0. The van der Waals surface area contributed by atoms with Gasteiger partial charge >= 0.3 is 6.03 Å². The zero-order valence-electron chi connectivity index (χ0n) is 14.7. The summed E-state index contributed by atoms with van der Waals surface area (Å²) in [6.07, 6.45) is 8.14. The van der Waals surface area contributed by atoms with Crippen molar-refractivity contribution >= 4 is 6.03 Å². The van der Waals surface area contributed by atoms with Gasteiger partial charge in [-0.1, -0.05) is 30.3 Å². The molecule has 4 heteroatoms. The van der Waals surface area contributed by atoms with Crippen molar-refractivity contribution in [2.45, 2.75) is 50.6 Å². The summed E-state index contributed by atoms with van der Waals surface area (Å²) in [7, 11) is 0. The molecule has 130 valence electrons. The van der Waals surface area contributed by atoms with Crippen molar-refractivity contribution in [2.24, 2.45) is 0 Å². The second kappa shape index (κ2) is 6.51. The molecule has 1 aromatic heterocycles. The van der Waals surface area contributed by atoms with Crippen LogP contribution in [-0.2, 0) is 12.0 Å². The number of carbonyl (C=O) groups excluding carboxylic acids is 1. The minimum absolute atomic E-state index is 0.0613. The molecule has 25 heavy (non-hydrogen) atoms. The van der Waals surface area contributed by atoms with E-state index in [9.17, 15) is 4.79 Å². The maximum absolute atomic E-state index is 12.8. The summed E-state index contributed by atoms with van der Waals surface area (Å²) >= 11 is 0. The maximum Gasteiger partial charge on any atom is 0.317 e. The van der Waals surface area contributed by atoms with Crippen LogP contribution in [0.4, 0.5) is 4.79 Å². The van der Waals surface area contributed by atoms with Gasteiger partial charge in [0, 0.05) is 36.9 Å². The number of nitrogens with one attached hydrogen (secondary N) is 1. The Labute approximate surface area is 149 Å². The normalized spacial score (nSPS) is 17.8. The Morgan fingerprint density at radius 2 is 2.04 bits per heavy atom. The SMILES string of the molecule is Cc1ccccc1C1(CNC(=O)N(Cc2cccnc2)C2CC2)CC1. The fraction of sp³-hybridized carbons (Fsp3) is 0.429. The van der Waals surface area contributed by atoms with Crippen LogP contribution in [0.5, 0.6) is 0 Å². The fourth-order valence-electron chi connectivity index (χ4n) is 3.65. The van der Waals surface area contributed by atoms with Gasteiger partial charge in [-0.05, 0) is 55.4 Å². The number of pyridine rings is 1. The molecule has 1 N–H and O–H groups in total. The van der Waals surface area contributed by atoms with E-state index < -0.39 is 0 Å². The van der Waals surface area contributed by atoms with Crippen molar-refractivity contribution < 1.29 is 4.79 Å². The topological polar surface area (TPSA) is 45.2 Å². The third kappa shape index (κ3) is 3.53. The van der Waals surface area contributed by atoms with Crippen molar-refractivity contribution in [1.82, 2.24) is 15.2 Å². The Kier molecular flexibility index (Phi) is 4.20. The predicted octanol–water partition coefficient (Wildman–Crippen LogP) is 3.80. The average molecular weight is 335 g/mol. The van der Waals surface area contributed by atoms with Crippen LogP contribution in [0, 0.1) is 6.92 Å². The number of carbonyl (C=O) groups is 1. The molecule has 2 aliphatic carbocycles. The molecule has 0 spiro atoms. The summed E-state index contributed by atoms with van der Waals surface area (Å²) in [5.74, 6) is 0. The molecule has 2 fully saturated rings. The Balaban J connectivity index is 1.41. The molecule has 2 aliphatic rings. The van der Waals surface area contributed by atoms with Crippen LogP contribution in [0.1, 0.15) is 42.4 Å². The van der Waals surface area contributed by atoms with Crippen molar-refractivity contribution in [3.05, 3.63) is 65.5 Å². The molecule has 0 aliphatic heterocycles. The molecule has 0 atom stereocenters. The first-order valence-electron chi connectivity index (χ1n) is 9.17. The standard InChI is InChI=1S/C21H25N3O/c1-16-5-2-3-7-19(16)21(10-11-21)15-23-20(25)24(18-8-9-18)14-17-6-4-12-22-13-17/h2-7,12-13,18H,8-11,14-15H2,1H3,(H,23,25). The largest absolute Gasteiger partial charge is 0.337 e. The van der Waals surface area contributed by atoms with Gasteiger partial charge in [-0.2, -0.15) is 0 Å². The van der Waals surface area contributed by atoms with Gasteiger partial charge in [-0.15, -0.1) is 0 Å². The molecule has 4 nitrogen and oxygen atoms in total. The molecule has 0 radical (unpaired) electrons. The van der Waals surface area contributed by atoms with Gasteiger partial charge in [0.1, 0.15) is 0 Å². The molecule has 2 amide bonds. The van der Waals surface area contributed by atoms with Crippen LogP contribution in [0.3, 0.4) is 0 Å². The van der Waals surface area contributed by atoms with Gasteiger partial charge in [-0.3, -0.25) is 4.98 Å². The van der Waals surface area contributed by atoms with E-state index >= 15 is 0 Å². The van der Waals surface area contributed by atoms with Crippen LogP contribution in [0.2, 0.25) is 0 Å². The predicted molar refractivity (Wildman–Crippen MR) is 98.3 cm³/mol. The highest BCUT2D eigenvalue weighted by Crippen LogP contribution is 2.48. The van der Waals surface area contributed by atoms with E-state index in [-0.39, 0.29) is 11.4 Å². The minimum atomic E-state index is 0.0613. The van der Waals surface area contributed by atoms with Crippen molar-refractivity contribution in [3.63, 3.8) is 0 Å². The number of amides is 2. The number of rotatable bonds is 6. The van der Waals surface area contributed by atoms with Gasteiger partial charge in [0.2, 0.25) is 0 Å².